The maximum Gasteiger partial charge on any atom is 0.0462 e. The number of rotatable bonds is 2. The highest BCUT2D eigenvalue weighted by molar-refractivity contribution is 5.95. The standard InChI is InChI=1S/C20H20N2/c1-15-13-22(14-16-6-3-2-4-7-16)11-10-17-12-21-19-9-5-8-18(15)20(17)19/h2-9,12,21H,1,10-11,13-14H2. The number of hydrogen-bond donors (Lipinski definition) is 1. The summed E-state index contributed by atoms with van der Waals surface area (Å²) < 4.78 is 0. The van der Waals surface area contributed by atoms with Crippen LogP contribution in [0.15, 0.2) is 61.3 Å². The van der Waals surface area contributed by atoms with Crippen molar-refractivity contribution in [2.24, 2.45) is 0 Å². The van der Waals surface area contributed by atoms with Crippen LogP contribution in [-0.2, 0) is 13.0 Å². The molecule has 0 fully saturated rings. The fraction of sp³-hybridized carbons (Fsp3) is 0.200. The lowest BCUT2D eigenvalue weighted by atomic mass is 9.96. The van der Waals surface area contributed by atoms with E-state index in [0.29, 0.717) is 0 Å². The van der Waals surface area contributed by atoms with E-state index >= 15 is 0 Å². The van der Waals surface area contributed by atoms with Gasteiger partial charge in [-0.15, -0.1) is 0 Å². The van der Waals surface area contributed by atoms with E-state index in [-0.39, 0.29) is 0 Å². The van der Waals surface area contributed by atoms with Crippen LogP contribution in [0.1, 0.15) is 16.7 Å². The largest absolute Gasteiger partial charge is 0.361 e. The molecule has 0 unspecified atom stereocenters. The van der Waals surface area contributed by atoms with Gasteiger partial charge in [-0.3, -0.25) is 4.90 Å². The van der Waals surface area contributed by atoms with Crippen molar-refractivity contribution >= 4 is 16.5 Å². The summed E-state index contributed by atoms with van der Waals surface area (Å²) in [7, 11) is 0. The zero-order valence-electron chi connectivity index (χ0n) is 12.7. The Morgan fingerprint density at radius 3 is 2.77 bits per heavy atom. The monoisotopic (exact) mass is 288 g/mol. The minimum atomic E-state index is 0.929. The second-order valence-corrected chi connectivity index (χ2v) is 6.09. The van der Waals surface area contributed by atoms with Gasteiger partial charge in [0.05, 0.1) is 0 Å². The lowest BCUT2D eigenvalue weighted by molar-refractivity contribution is 0.302. The molecule has 0 amide bonds. The van der Waals surface area contributed by atoms with Gasteiger partial charge in [0, 0.05) is 36.7 Å². The van der Waals surface area contributed by atoms with Crippen molar-refractivity contribution in [2.75, 3.05) is 13.1 Å². The van der Waals surface area contributed by atoms with Crippen LogP contribution in [0.3, 0.4) is 0 Å². The van der Waals surface area contributed by atoms with E-state index in [2.05, 4.69) is 71.2 Å². The molecule has 0 radical (unpaired) electrons. The second kappa shape index (κ2) is 5.47. The molecule has 2 heterocycles. The number of benzene rings is 2. The molecule has 1 aliphatic rings. The van der Waals surface area contributed by atoms with E-state index in [0.717, 1.165) is 26.1 Å². The number of nitrogens with one attached hydrogen (secondary N) is 1. The lowest BCUT2D eigenvalue weighted by Gasteiger charge is -2.26. The van der Waals surface area contributed by atoms with Gasteiger partial charge in [0.15, 0.2) is 0 Å². The number of aromatic amines is 1. The van der Waals surface area contributed by atoms with Crippen LogP contribution in [0.25, 0.3) is 16.5 Å². The maximum atomic E-state index is 4.36. The average Bonchev–Trinajstić information content (AvgIpc) is 2.95. The van der Waals surface area contributed by atoms with Gasteiger partial charge >= 0.3 is 0 Å². The van der Waals surface area contributed by atoms with Gasteiger partial charge in [-0.25, -0.2) is 0 Å². The van der Waals surface area contributed by atoms with Crippen LogP contribution in [0, 0.1) is 0 Å². The van der Waals surface area contributed by atoms with Crippen molar-refractivity contribution < 1.29 is 0 Å². The van der Waals surface area contributed by atoms with E-state index in [1.54, 1.807) is 0 Å². The molecule has 3 aromatic rings. The Bertz CT molecular complexity index is 814. The summed E-state index contributed by atoms with van der Waals surface area (Å²) in [4.78, 5) is 5.89. The van der Waals surface area contributed by atoms with Crippen LogP contribution in [0.5, 0.6) is 0 Å². The molecule has 110 valence electrons. The highest BCUT2D eigenvalue weighted by Crippen LogP contribution is 2.30. The van der Waals surface area contributed by atoms with Crippen LogP contribution in [0.4, 0.5) is 0 Å². The van der Waals surface area contributed by atoms with Gasteiger partial charge in [-0.2, -0.15) is 0 Å². The molecule has 2 heteroatoms. The minimum Gasteiger partial charge on any atom is -0.361 e. The molecule has 22 heavy (non-hydrogen) atoms. The number of nitrogens with zero attached hydrogens (tertiary/aromatic N) is 1. The molecule has 2 nitrogen and oxygen atoms in total. The van der Waals surface area contributed by atoms with Crippen LogP contribution in [-0.4, -0.2) is 23.0 Å². The normalized spacial score (nSPS) is 15.7. The first-order chi connectivity index (χ1) is 10.8. The predicted octanol–water partition coefficient (Wildman–Crippen LogP) is 4.24. The highest BCUT2D eigenvalue weighted by Gasteiger charge is 2.17. The van der Waals surface area contributed by atoms with E-state index in [9.17, 15) is 0 Å². The Kier molecular flexibility index (Phi) is 3.32. The van der Waals surface area contributed by atoms with Gasteiger partial charge in [0.25, 0.3) is 0 Å². The third kappa shape index (κ3) is 2.36. The summed E-state index contributed by atoms with van der Waals surface area (Å²) in [5.74, 6) is 0. The number of aromatic nitrogens is 1. The molecule has 0 saturated carbocycles. The quantitative estimate of drug-likeness (QED) is 0.747. The molecule has 0 atom stereocenters. The number of hydrogen-bond acceptors (Lipinski definition) is 1. The summed E-state index contributed by atoms with van der Waals surface area (Å²) in [6.07, 6.45) is 3.24. The Hall–Kier alpha value is -2.32. The van der Waals surface area contributed by atoms with E-state index < -0.39 is 0 Å². The van der Waals surface area contributed by atoms with Crippen molar-refractivity contribution in [3.8, 4) is 0 Å². The molecule has 0 bridgehead atoms. The maximum absolute atomic E-state index is 4.36. The molecular weight excluding hydrogens is 268 g/mol. The molecule has 2 aromatic carbocycles. The fourth-order valence-corrected chi connectivity index (χ4v) is 3.44. The first-order valence-electron chi connectivity index (χ1n) is 7.84. The molecule has 0 aliphatic carbocycles. The Morgan fingerprint density at radius 2 is 1.91 bits per heavy atom. The Labute approximate surface area is 131 Å². The van der Waals surface area contributed by atoms with Crippen LogP contribution < -0.4 is 0 Å². The zero-order valence-corrected chi connectivity index (χ0v) is 12.7. The fourth-order valence-electron chi connectivity index (χ4n) is 3.44. The van der Waals surface area contributed by atoms with Gasteiger partial charge in [-0.1, -0.05) is 49.0 Å². The van der Waals surface area contributed by atoms with Crippen LogP contribution in [0.2, 0.25) is 0 Å². The SMILES string of the molecule is C=C1CN(Cc2ccccc2)CCc2c[nH]c3cccc1c23. The second-order valence-electron chi connectivity index (χ2n) is 6.09. The summed E-state index contributed by atoms with van der Waals surface area (Å²) >= 11 is 0. The minimum absolute atomic E-state index is 0.929. The summed E-state index contributed by atoms with van der Waals surface area (Å²) in [6.45, 7) is 7.33. The molecular formula is C20H20N2. The summed E-state index contributed by atoms with van der Waals surface area (Å²) in [5.41, 5.74) is 6.51. The van der Waals surface area contributed by atoms with E-state index in [4.69, 9.17) is 0 Å². The van der Waals surface area contributed by atoms with Crippen molar-refractivity contribution in [2.45, 2.75) is 13.0 Å². The van der Waals surface area contributed by atoms with Crippen molar-refractivity contribution in [3.05, 3.63) is 78.0 Å². The van der Waals surface area contributed by atoms with Crippen LogP contribution >= 0.6 is 0 Å². The summed E-state index contributed by atoms with van der Waals surface area (Å²) in [6, 6.07) is 17.2. The molecule has 0 spiro atoms. The molecule has 0 saturated heterocycles. The smallest absolute Gasteiger partial charge is 0.0462 e. The topological polar surface area (TPSA) is 19.0 Å². The number of H-pyrrole nitrogens is 1. The lowest BCUT2D eigenvalue weighted by Crippen LogP contribution is -2.28. The van der Waals surface area contributed by atoms with Crippen molar-refractivity contribution in [3.63, 3.8) is 0 Å². The molecule has 1 N–H and O–H groups in total. The first kappa shape index (κ1) is 13.4. The average molecular weight is 288 g/mol. The highest BCUT2D eigenvalue weighted by atomic mass is 15.1. The Balaban J connectivity index is 1.66. The summed E-state index contributed by atoms with van der Waals surface area (Å²) in [5, 5.41) is 1.37. The molecule has 1 aliphatic heterocycles. The Morgan fingerprint density at radius 1 is 1.05 bits per heavy atom. The van der Waals surface area contributed by atoms with Gasteiger partial charge in [0.1, 0.15) is 0 Å². The van der Waals surface area contributed by atoms with E-state index in [1.165, 1.54) is 33.2 Å². The molecule has 1 aromatic heterocycles. The van der Waals surface area contributed by atoms with Crippen molar-refractivity contribution in [1.29, 1.82) is 0 Å². The van der Waals surface area contributed by atoms with Gasteiger partial charge in [0.2, 0.25) is 0 Å². The van der Waals surface area contributed by atoms with Gasteiger partial charge < -0.3 is 4.98 Å². The van der Waals surface area contributed by atoms with Crippen molar-refractivity contribution in [1.82, 2.24) is 9.88 Å². The van der Waals surface area contributed by atoms with Gasteiger partial charge in [-0.05, 0) is 34.8 Å². The molecule has 4 rings (SSSR count). The van der Waals surface area contributed by atoms with E-state index in [1.807, 2.05) is 0 Å². The third-order valence-electron chi connectivity index (χ3n) is 4.53. The first-order valence-corrected chi connectivity index (χ1v) is 7.84. The third-order valence-corrected chi connectivity index (χ3v) is 4.53. The zero-order chi connectivity index (χ0) is 14.9. The predicted molar refractivity (Wildman–Crippen MR) is 92.8 cm³/mol.